The SMILES string of the molecule is CCCC[C@H]1CC[C@H](c2ccc(-c3ccc(F)nc3)c(F)c2)CC1. The number of rotatable bonds is 5. The Bertz CT molecular complexity index is 658. The zero-order chi connectivity index (χ0) is 16.9. The van der Waals surface area contributed by atoms with Crippen molar-refractivity contribution in [1.82, 2.24) is 4.98 Å². The van der Waals surface area contributed by atoms with E-state index in [2.05, 4.69) is 11.9 Å². The molecule has 2 aromatic rings. The van der Waals surface area contributed by atoms with Gasteiger partial charge < -0.3 is 0 Å². The molecule has 1 aliphatic carbocycles. The number of unbranched alkanes of at least 4 members (excludes halogenated alkanes) is 1. The van der Waals surface area contributed by atoms with Crippen molar-refractivity contribution in [2.45, 2.75) is 57.8 Å². The fourth-order valence-corrected chi connectivity index (χ4v) is 3.83. The lowest BCUT2D eigenvalue weighted by Crippen LogP contribution is -2.13. The Kier molecular flexibility index (Phi) is 5.60. The molecule has 0 aliphatic heterocycles. The minimum atomic E-state index is -0.546. The predicted octanol–water partition coefficient (Wildman–Crippen LogP) is 6.49. The van der Waals surface area contributed by atoms with Crippen LogP contribution in [0.25, 0.3) is 11.1 Å². The van der Waals surface area contributed by atoms with Crippen LogP contribution in [0.3, 0.4) is 0 Å². The molecule has 1 nitrogen and oxygen atoms in total. The highest BCUT2D eigenvalue weighted by molar-refractivity contribution is 5.63. The summed E-state index contributed by atoms with van der Waals surface area (Å²) < 4.78 is 27.4. The average Bonchev–Trinajstić information content (AvgIpc) is 2.61. The first kappa shape index (κ1) is 17.1. The van der Waals surface area contributed by atoms with Crippen LogP contribution in [0, 0.1) is 17.7 Å². The van der Waals surface area contributed by atoms with Gasteiger partial charge in [0.15, 0.2) is 0 Å². The highest BCUT2D eigenvalue weighted by atomic mass is 19.1. The van der Waals surface area contributed by atoms with Crippen molar-refractivity contribution in [1.29, 1.82) is 0 Å². The van der Waals surface area contributed by atoms with Gasteiger partial charge in [-0.05, 0) is 61.3 Å². The minimum Gasteiger partial charge on any atom is -0.228 e. The molecule has 3 rings (SSSR count). The van der Waals surface area contributed by atoms with Crippen LogP contribution in [0.15, 0.2) is 36.5 Å². The molecule has 24 heavy (non-hydrogen) atoms. The van der Waals surface area contributed by atoms with Crippen molar-refractivity contribution in [2.24, 2.45) is 5.92 Å². The summed E-state index contributed by atoms with van der Waals surface area (Å²) in [6.07, 6.45) is 10.2. The first-order valence-electron chi connectivity index (χ1n) is 9.08. The molecule has 0 atom stereocenters. The quantitative estimate of drug-likeness (QED) is 0.571. The van der Waals surface area contributed by atoms with E-state index < -0.39 is 5.95 Å². The van der Waals surface area contributed by atoms with Gasteiger partial charge in [0.2, 0.25) is 5.95 Å². The standard InChI is InChI=1S/C21H25F2N/c1-2-3-4-15-5-7-16(8-6-15)17-9-11-19(20(22)13-17)18-10-12-21(23)24-14-18/h9-16H,2-8H2,1H3/t15-,16-. The number of halogens is 2. The second kappa shape index (κ2) is 7.87. The second-order valence-electron chi connectivity index (χ2n) is 6.97. The average molecular weight is 329 g/mol. The van der Waals surface area contributed by atoms with E-state index in [1.54, 1.807) is 12.1 Å². The summed E-state index contributed by atoms with van der Waals surface area (Å²) in [5.41, 5.74) is 2.20. The molecule has 1 saturated carbocycles. The summed E-state index contributed by atoms with van der Waals surface area (Å²) in [5.74, 6) is 0.540. The molecule has 1 aromatic heterocycles. The third kappa shape index (κ3) is 4.00. The lowest BCUT2D eigenvalue weighted by Gasteiger charge is -2.29. The number of nitrogens with zero attached hydrogens (tertiary/aromatic N) is 1. The van der Waals surface area contributed by atoms with Crippen molar-refractivity contribution in [3.63, 3.8) is 0 Å². The van der Waals surface area contributed by atoms with Gasteiger partial charge in [-0.3, -0.25) is 0 Å². The Hall–Kier alpha value is -1.77. The molecule has 0 spiro atoms. The van der Waals surface area contributed by atoms with E-state index in [4.69, 9.17) is 0 Å². The first-order valence-corrected chi connectivity index (χ1v) is 9.08. The largest absolute Gasteiger partial charge is 0.228 e. The Balaban J connectivity index is 1.68. The van der Waals surface area contributed by atoms with Crippen molar-refractivity contribution in [2.75, 3.05) is 0 Å². The summed E-state index contributed by atoms with van der Waals surface area (Å²) in [4.78, 5) is 3.61. The van der Waals surface area contributed by atoms with Crippen LogP contribution >= 0.6 is 0 Å². The van der Waals surface area contributed by atoms with Crippen molar-refractivity contribution in [3.05, 3.63) is 53.9 Å². The summed E-state index contributed by atoms with van der Waals surface area (Å²) in [7, 11) is 0. The maximum Gasteiger partial charge on any atom is 0.212 e. The van der Waals surface area contributed by atoms with E-state index >= 15 is 0 Å². The number of hydrogen-bond donors (Lipinski definition) is 0. The van der Waals surface area contributed by atoms with Crippen LogP contribution in [0.4, 0.5) is 8.78 Å². The summed E-state index contributed by atoms with van der Waals surface area (Å²) in [6, 6.07) is 8.33. The van der Waals surface area contributed by atoms with Gasteiger partial charge in [0.05, 0.1) is 0 Å². The van der Waals surface area contributed by atoms with E-state index in [0.29, 0.717) is 17.0 Å². The van der Waals surface area contributed by atoms with E-state index in [0.717, 1.165) is 24.3 Å². The smallest absolute Gasteiger partial charge is 0.212 e. The lowest BCUT2D eigenvalue weighted by molar-refractivity contribution is 0.304. The summed E-state index contributed by atoms with van der Waals surface area (Å²) >= 11 is 0. The molecule has 1 heterocycles. The van der Waals surface area contributed by atoms with Gasteiger partial charge in [-0.2, -0.15) is 4.39 Å². The van der Waals surface area contributed by atoms with Crippen molar-refractivity contribution in [3.8, 4) is 11.1 Å². The fourth-order valence-electron chi connectivity index (χ4n) is 3.83. The maximum atomic E-state index is 14.5. The third-order valence-electron chi connectivity index (χ3n) is 5.32. The molecule has 0 amide bonds. The van der Waals surface area contributed by atoms with Gasteiger partial charge in [-0.15, -0.1) is 0 Å². The van der Waals surface area contributed by atoms with Gasteiger partial charge in [0.1, 0.15) is 5.82 Å². The Morgan fingerprint density at radius 1 is 1.04 bits per heavy atom. The molecule has 1 aromatic carbocycles. The Labute approximate surface area is 143 Å². The molecular formula is C21H25F2N. The van der Waals surface area contributed by atoms with Gasteiger partial charge in [0.25, 0.3) is 0 Å². The van der Waals surface area contributed by atoms with E-state index in [1.807, 2.05) is 12.1 Å². The van der Waals surface area contributed by atoms with Gasteiger partial charge in [0, 0.05) is 17.3 Å². The minimum absolute atomic E-state index is 0.242. The maximum absolute atomic E-state index is 14.5. The molecule has 0 N–H and O–H groups in total. The number of hydrogen-bond acceptors (Lipinski definition) is 1. The van der Waals surface area contributed by atoms with Crippen LogP contribution in [0.1, 0.15) is 63.4 Å². The lowest BCUT2D eigenvalue weighted by atomic mass is 9.77. The van der Waals surface area contributed by atoms with E-state index in [1.165, 1.54) is 44.4 Å². The third-order valence-corrected chi connectivity index (χ3v) is 5.32. The number of aromatic nitrogens is 1. The highest BCUT2D eigenvalue weighted by Gasteiger charge is 2.22. The molecular weight excluding hydrogens is 304 g/mol. The van der Waals surface area contributed by atoms with Crippen LogP contribution in [0.2, 0.25) is 0 Å². The monoisotopic (exact) mass is 329 g/mol. The molecule has 0 radical (unpaired) electrons. The Morgan fingerprint density at radius 2 is 1.83 bits per heavy atom. The number of benzene rings is 1. The van der Waals surface area contributed by atoms with Crippen molar-refractivity contribution < 1.29 is 8.78 Å². The number of pyridine rings is 1. The zero-order valence-electron chi connectivity index (χ0n) is 14.3. The molecule has 3 heteroatoms. The van der Waals surface area contributed by atoms with E-state index in [9.17, 15) is 8.78 Å². The molecule has 0 saturated heterocycles. The van der Waals surface area contributed by atoms with Crippen LogP contribution < -0.4 is 0 Å². The molecule has 0 bridgehead atoms. The summed E-state index contributed by atoms with van der Waals surface area (Å²) in [5, 5.41) is 0. The van der Waals surface area contributed by atoms with E-state index in [-0.39, 0.29) is 5.82 Å². The normalized spacial score (nSPS) is 21.0. The second-order valence-corrected chi connectivity index (χ2v) is 6.97. The van der Waals surface area contributed by atoms with Crippen LogP contribution in [-0.2, 0) is 0 Å². The highest BCUT2D eigenvalue weighted by Crippen LogP contribution is 2.38. The summed E-state index contributed by atoms with van der Waals surface area (Å²) in [6.45, 7) is 2.24. The van der Waals surface area contributed by atoms with Crippen LogP contribution in [0.5, 0.6) is 0 Å². The molecule has 1 aliphatic rings. The molecule has 1 fully saturated rings. The first-order chi connectivity index (χ1) is 11.7. The Morgan fingerprint density at radius 3 is 2.46 bits per heavy atom. The van der Waals surface area contributed by atoms with Crippen molar-refractivity contribution >= 4 is 0 Å². The molecule has 128 valence electrons. The van der Waals surface area contributed by atoms with Gasteiger partial charge in [-0.25, -0.2) is 9.37 Å². The van der Waals surface area contributed by atoms with Crippen LogP contribution in [-0.4, -0.2) is 4.98 Å². The van der Waals surface area contributed by atoms with Gasteiger partial charge in [-0.1, -0.05) is 38.3 Å². The topological polar surface area (TPSA) is 12.9 Å². The zero-order valence-corrected chi connectivity index (χ0v) is 14.3. The van der Waals surface area contributed by atoms with Gasteiger partial charge >= 0.3 is 0 Å². The fraction of sp³-hybridized carbons (Fsp3) is 0.476. The molecule has 0 unspecified atom stereocenters. The predicted molar refractivity (Wildman–Crippen MR) is 93.8 cm³/mol.